The van der Waals surface area contributed by atoms with Crippen LogP contribution in [0.25, 0.3) is 11.0 Å². The topological polar surface area (TPSA) is 67.9 Å². The molecule has 2 aromatic heterocycles. The summed E-state index contributed by atoms with van der Waals surface area (Å²) in [6, 6.07) is 9.64. The van der Waals surface area contributed by atoms with Crippen LogP contribution in [0, 0.1) is 5.82 Å². The molecule has 0 aliphatic carbocycles. The number of hydrogen-bond donors (Lipinski definition) is 1. The number of rotatable bonds is 4. The van der Waals surface area contributed by atoms with Crippen LogP contribution in [-0.4, -0.2) is 21.6 Å². The van der Waals surface area contributed by atoms with Gasteiger partial charge in [0, 0.05) is 12.6 Å². The molecule has 2 heterocycles. The van der Waals surface area contributed by atoms with E-state index in [1.807, 2.05) is 0 Å². The van der Waals surface area contributed by atoms with Gasteiger partial charge in [0.1, 0.15) is 5.82 Å². The summed E-state index contributed by atoms with van der Waals surface area (Å²) < 4.78 is 18.2. The molecular formula is C15H12FN3O2. The second kappa shape index (κ2) is 5.70. The Kier molecular flexibility index (Phi) is 3.59. The first kappa shape index (κ1) is 13.2. The fourth-order valence-corrected chi connectivity index (χ4v) is 1.94. The van der Waals surface area contributed by atoms with Gasteiger partial charge in [0.2, 0.25) is 0 Å². The fourth-order valence-electron chi connectivity index (χ4n) is 1.94. The SMILES string of the molecule is O=c1[nH]c(OCCc2ccc(F)cc2)nc2ncccc12. The van der Waals surface area contributed by atoms with Gasteiger partial charge in [0.15, 0.2) is 5.65 Å². The van der Waals surface area contributed by atoms with Gasteiger partial charge in [-0.1, -0.05) is 12.1 Å². The van der Waals surface area contributed by atoms with Gasteiger partial charge in [-0.25, -0.2) is 9.37 Å². The minimum absolute atomic E-state index is 0.133. The summed E-state index contributed by atoms with van der Waals surface area (Å²) >= 11 is 0. The standard InChI is InChI=1S/C15H12FN3O2/c16-11-5-3-10(4-6-11)7-9-21-15-18-13-12(14(20)19-15)2-1-8-17-13/h1-6,8H,7,9H2,(H,17,18,19,20). The maximum absolute atomic E-state index is 12.8. The highest BCUT2D eigenvalue weighted by molar-refractivity contribution is 5.72. The quantitative estimate of drug-likeness (QED) is 0.797. The van der Waals surface area contributed by atoms with Crippen molar-refractivity contribution in [2.24, 2.45) is 0 Å². The molecule has 1 aromatic carbocycles. The molecule has 0 unspecified atom stereocenters. The lowest BCUT2D eigenvalue weighted by molar-refractivity contribution is 0.296. The van der Waals surface area contributed by atoms with E-state index in [0.717, 1.165) is 5.56 Å². The second-order valence-corrected chi connectivity index (χ2v) is 4.47. The van der Waals surface area contributed by atoms with E-state index in [2.05, 4.69) is 15.0 Å². The van der Waals surface area contributed by atoms with Crippen molar-refractivity contribution in [2.75, 3.05) is 6.61 Å². The van der Waals surface area contributed by atoms with Gasteiger partial charge in [-0.3, -0.25) is 9.78 Å². The third kappa shape index (κ3) is 3.05. The van der Waals surface area contributed by atoms with Gasteiger partial charge in [-0.15, -0.1) is 0 Å². The van der Waals surface area contributed by atoms with Crippen molar-refractivity contribution in [1.82, 2.24) is 15.0 Å². The molecule has 5 nitrogen and oxygen atoms in total. The molecule has 0 saturated heterocycles. The zero-order chi connectivity index (χ0) is 14.7. The number of fused-ring (bicyclic) bond motifs is 1. The number of nitrogens with zero attached hydrogens (tertiary/aromatic N) is 2. The molecule has 0 amide bonds. The van der Waals surface area contributed by atoms with Crippen molar-refractivity contribution < 1.29 is 9.13 Å². The molecule has 0 atom stereocenters. The Morgan fingerprint density at radius 2 is 2.00 bits per heavy atom. The molecule has 0 saturated carbocycles. The summed E-state index contributed by atoms with van der Waals surface area (Å²) in [4.78, 5) is 22.5. The lowest BCUT2D eigenvalue weighted by Gasteiger charge is -2.05. The third-order valence-corrected chi connectivity index (χ3v) is 3.00. The highest BCUT2D eigenvalue weighted by Crippen LogP contribution is 2.08. The predicted octanol–water partition coefficient (Wildman–Crippen LogP) is 2.08. The first-order valence-electron chi connectivity index (χ1n) is 6.45. The number of pyridine rings is 1. The van der Waals surface area contributed by atoms with E-state index < -0.39 is 0 Å². The van der Waals surface area contributed by atoms with E-state index in [0.29, 0.717) is 24.1 Å². The molecule has 0 bridgehead atoms. The average molecular weight is 285 g/mol. The van der Waals surface area contributed by atoms with Crippen LogP contribution in [0.3, 0.4) is 0 Å². The molecule has 106 valence electrons. The molecular weight excluding hydrogens is 273 g/mol. The maximum Gasteiger partial charge on any atom is 0.298 e. The molecule has 6 heteroatoms. The molecule has 0 spiro atoms. The molecule has 1 N–H and O–H groups in total. The Morgan fingerprint density at radius 3 is 2.81 bits per heavy atom. The zero-order valence-corrected chi connectivity index (χ0v) is 11.0. The third-order valence-electron chi connectivity index (χ3n) is 3.00. The van der Waals surface area contributed by atoms with Crippen LogP contribution < -0.4 is 10.3 Å². The predicted molar refractivity (Wildman–Crippen MR) is 75.8 cm³/mol. The maximum atomic E-state index is 12.8. The van der Waals surface area contributed by atoms with Crippen LogP contribution in [0.2, 0.25) is 0 Å². The van der Waals surface area contributed by atoms with Crippen molar-refractivity contribution in [3.05, 3.63) is 64.3 Å². The Hall–Kier alpha value is -2.76. The Balaban J connectivity index is 1.70. The Labute approximate surface area is 119 Å². The Bertz CT molecular complexity index is 815. The van der Waals surface area contributed by atoms with Crippen LogP contribution in [0.4, 0.5) is 4.39 Å². The number of aromatic nitrogens is 3. The first-order chi connectivity index (χ1) is 10.2. The van der Waals surface area contributed by atoms with Gasteiger partial charge in [-0.2, -0.15) is 4.98 Å². The minimum atomic E-state index is -0.287. The molecule has 3 rings (SSSR count). The molecule has 0 aliphatic rings. The summed E-state index contributed by atoms with van der Waals surface area (Å²) in [5, 5.41) is 0.420. The van der Waals surface area contributed by atoms with Gasteiger partial charge in [0.05, 0.1) is 12.0 Å². The summed E-state index contributed by atoms with van der Waals surface area (Å²) in [5.41, 5.74) is 1.00. The van der Waals surface area contributed by atoms with Gasteiger partial charge >= 0.3 is 0 Å². The largest absolute Gasteiger partial charge is 0.464 e. The number of hydrogen-bond acceptors (Lipinski definition) is 4. The first-order valence-corrected chi connectivity index (χ1v) is 6.45. The van der Waals surface area contributed by atoms with Crippen LogP contribution in [0.15, 0.2) is 47.4 Å². The monoisotopic (exact) mass is 285 g/mol. The number of benzene rings is 1. The number of H-pyrrole nitrogens is 1. The van der Waals surface area contributed by atoms with Crippen LogP contribution in [0.5, 0.6) is 6.01 Å². The van der Waals surface area contributed by atoms with Crippen molar-refractivity contribution >= 4 is 11.0 Å². The van der Waals surface area contributed by atoms with Crippen molar-refractivity contribution in [2.45, 2.75) is 6.42 Å². The molecule has 21 heavy (non-hydrogen) atoms. The van der Waals surface area contributed by atoms with Gasteiger partial charge in [0.25, 0.3) is 11.6 Å². The minimum Gasteiger partial charge on any atom is -0.464 e. The van der Waals surface area contributed by atoms with E-state index in [4.69, 9.17) is 4.74 Å². The summed E-state index contributed by atoms with van der Waals surface area (Å²) in [7, 11) is 0. The lowest BCUT2D eigenvalue weighted by atomic mass is 10.2. The van der Waals surface area contributed by atoms with E-state index >= 15 is 0 Å². The zero-order valence-electron chi connectivity index (χ0n) is 11.0. The van der Waals surface area contributed by atoms with Crippen LogP contribution in [-0.2, 0) is 6.42 Å². The lowest BCUT2D eigenvalue weighted by Crippen LogP contribution is -2.13. The van der Waals surface area contributed by atoms with E-state index in [1.165, 1.54) is 12.1 Å². The van der Waals surface area contributed by atoms with E-state index in [1.54, 1.807) is 30.5 Å². The normalized spacial score (nSPS) is 10.7. The highest BCUT2D eigenvalue weighted by atomic mass is 19.1. The summed E-state index contributed by atoms with van der Waals surface area (Å²) in [6.07, 6.45) is 2.15. The van der Waals surface area contributed by atoms with E-state index in [9.17, 15) is 9.18 Å². The Morgan fingerprint density at radius 1 is 1.19 bits per heavy atom. The van der Waals surface area contributed by atoms with Crippen molar-refractivity contribution in [3.63, 3.8) is 0 Å². The number of halogens is 1. The van der Waals surface area contributed by atoms with Crippen molar-refractivity contribution in [3.8, 4) is 6.01 Å². The van der Waals surface area contributed by atoms with Crippen LogP contribution >= 0.6 is 0 Å². The van der Waals surface area contributed by atoms with Gasteiger partial charge in [-0.05, 0) is 29.8 Å². The number of aromatic amines is 1. The second-order valence-electron chi connectivity index (χ2n) is 4.47. The molecule has 3 aromatic rings. The van der Waals surface area contributed by atoms with E-state index in [-0.39, 0.29) is 17.4 Å². The summed E-state index contributed by atoms with van der Waals surface area (Å²) in [5.74, 6) is -0.272. The van der Waals surface area contributed by atoms with Crippen LogP contribution in [0.1, 0.15) is 5.56 Å². The fraction of sp³-hybridized carbons (Fsp3) is 0.133. The molecule has 0 radical (unpaired) electrons. The number of nitrogens with one attached hydrogen (secondary N) is 1. The van der Waals surface area contributed by atoms with Gasteiger partial charge < -0.3 is 4.74 Å². The number of ether oxygens (including phenoxy) is 1. The highest BCUT2D eigenvalue weighted by Gasteiger charge is 2.05. The smallest absolute Gasteiger partial charge is 0.298 e. The summed E-state index contributed by atoms with van der Waals surface area (Å²) in [6.45, 7) is 0.326. The molecule has 0 aliphatic heterocycles. The van der Waals surface area contributed by atoms with Crippen molar-refractivity contribution in [1.29, 1.82) is 0 Å². The molecule has 0 fully saturated rings. The average Bonchev–Trinajstić information content (AvgIpc) is 2.49.